The molecule has 0 unspecified atom stereocenters. The topological polar surface area (TPSA) is 73.3 Å². The van der Waals surface area contributed by atoms with Gasteiger partial charge in [-0.15, -0.1) is 10.2 Å². The summed E-state index contributed by atoms with van der Waals surface area (Å²) < 4.78 is 10.6. The number of fused-ring (bicyclic) bond motifs is 1. The van der Waals surface area contributed by atoms with Crippen LogP contribution in [0.2, 0.25) is 0 Å². The summed E-state index contributed by atoms with van der Waals surface area (Å²) in [5.41, 5.74) is 1.82. The predicted octanol–water partition coefficient (Wildman–Crippen LogP) is 3.59. The Balaban J connectivity index is 1.41. The molecular formula is C18H13N3O3S. The Morgan fingerprint density at radius 3 is 2.80 bits per heavy atom. The lowest BCUT2D eigenvalue weighted by molar-refractivity contribution is -0.111. The zero-order chi connectivity index (χ0) is 17.1. The van der Waals surface area contributed by atoms with Gasteiger partial charge in [-0.25, -0.2) is 0 Å². The quantitative estimate of drug-likeness (QED) is 0.727. The summed E-state index contributed by atoms with van der Waals surface area (Å²) in [6, 6.07) is 15.2. The molecule has 0 saturated heterocycles. The van der Waals surface area contributed by atoms with Crippen molar-refractivity contribution in [3.05, 3.63) is 60.2 Å². The number of ether oxygens (including phenoxy) is 2. The molecule has 0 aliphatic carbocycles. The molecule has 0 fully saturated rings. The largest absolute Gasteiger partial charge is 0.454 e. The molecule has 2 heterocycles. The Morgan fingerprint density at radius 1 is 1.08 bits per heavy atom. The van der Waals surface area contributed by atoms with Gasteiger partial charge in [-0.2, -0.15) is 0 Å². The van der Waals surface area contributed by atoms with E-state index in [9.17, 15) is 4.79 Å². The van der Waals surface area contributed by atoms with Gasteiger partial charge in [0.25, 0.3) is 0 Å². The van der Waals surface area contributed by atoms with Crippen molar-refractivity contribution in [2.45, 2.75) is 0 Å². The summed E-state index contributed by atoms with van der Waals surface area (Å²) in [6.45, 7) is 0.226. The van der Waals surface area contributed by atoms with Crippen LogP contribution in [0.5, 0.6) is 11.5 Å². The Kier molecular flexibility index (Phi) is 4.14. The highest BCUT2D eigenvalue weighted by Crippen LogP contribution is 2.32. The molecule has 0 saturated carbocycles. The van der Waals surface area contributed by atoms with Crippen LogP contribution in [0.15, 0.2) is 54.6 Å². The highest BCUT2D eigenvalue weighted by atomic mass is 32.1. The minimum Gasteiger partial charge on any atom is -0.454 e. The Hall–Kier alpha value is -3.19. The first kappa shape index (κ1) is 15.3. The third-order valence-corrected chi connectivity index (χ3v) is 4.39. The molecule has 1 aliphatic rings. The lowest BCUT2D eigenvalue weighted by Crippen LogP contribution is -2.07. The lowest BCUT2D eigenvalue weighted by atomic mass is 10.2. The van der Waals surface area contributed by atoms with Gasteiger partial charge < -0.3 is 9.47 Å². The van der Waals surface area contributed by atoms with Gasteiger partial charge in [0.15, 0.2) is 11.5 Å². The predicted molar refractivity (Wildman–Crippen MR) is 95.6 cm³/mol. The van der Waals surface area contributed by atoms with E-state index in [4.69, 9.17) is 9.47 Å². The fourth-order valence-electron chi connectivity index (χ4n) is 2.31. The van der Waals surface area contributed by atoms with Gasteiger partial charge in [-0.1, -0.05) is 47.7 Å². The van der Waals surface area contributed by atoms with Crippen LogP contribution >= 0.6 is 11.3 Å². The summed E-state index contributed by atoms with van der Waals surface area (Å²) in [4.78, 5) is 12.1. The maximum atomic E-state index is 12.1. The molecule has 1 aliphatic heterocycles. The van der Waals surface area contributed by atoms with Crippen LogP contribution in [0.1, 0.15) is 5.56 Å². The number of anilines is 1. The number of hydrogen-bond acceptors (Lipinski definition) is 6. The monoisotopic (exact) mass is 351 g/mol. The molecule has 7 heteroatoms. The van der Waals surface area contributed by atoms with Gasteiger partial charge in [-0.3, -0.25) is 10.1 Å². The van der Waals surface area contributed by atoms with Crippen molar-refractivity contribution in [1.82, 2.24) is 10.2 Å². The molecule has 6 nitrogen and oxygen atoms in total. The normalized spacial score (nSPS) is 12.5. The molecule has 1 aromatic heterocycles. The molecule has 2 aromatic carbocycles. The molecule has 25 heavy (non-hydrogen) atoms. The number of amides is 1. The zero-order valence-electron chi connectivity index (χ0n) is 13.0. The number of benzene rings is 2. The van der Waals surface area contributed by atoms with E-state index in [1.807, 2.05) is 48.5 Å². The number of nitrogens with one attached hydrogen (secondary N) is 1. The van der Waals surface area contributed by atoms with E-state index in [0.29, 0.717) is 16.6 Å². The molecule has 1 N–H and O–H groups in total. The van der Waals surface area contributed by atoms with Crippen molar-refractivity contribution in [3.8, 4) is 22.1 Å². The lowest BCUT2D eigenvalue weighted by Gasteiger charge is -1.98. The van der Waals surface area contributed by atoms with Crippen molar-refractivity contribution in [2.75, 3.05) is 12.1 Å². The van der Waals surface area contributed by atoms with E-state index in [2.05, 4.69) is 15.5 Å². The molecule has 0 atom stereocenters. The van der Waals surface area contributed by atoms with E-state index in [-0.39, 0.29) is 12.7 Å². The van der Waals surface area contributed by atoms with E-state index >= 15 is 0 Å². The second kappa shape index (κ2) is 6.74. The molecule has 1 amide bonds. The van der Waals surface area contributed by atoms with Gasteiger partial charge in [0.1, 0.15) is 5.01 Å². The SMILES string of the molecule is O=C(/C=C\c1ccc2c(c1)OCO2)Nc1nnc(-c2ccccc2)s1. The van der Waals surface area contributed by atoms with Crippen LogP contribution in [-0.4, -0.2) is 22.9 Å². The second-order valence-corrected chi connectivity index (χ2v) is 6.19. The second-order valence-electron chi connectivity index (χ2n) is 5.21. The molecule has 3 aromatic rings. The van der Waals surface area contributed by atoms with Crippen LogP contribution in [-0.2, 0) is 4.79 Å². The average Bonchev–Trinajstić information content (AvgIpc) is 3.29. The van der Waals surface area contributed by atoms with Crippen LogP contribution in [0, 0.1) is 0 Å². The van der Waals surface area contributed by atoms with E-state index < -0.39 is 0 Å². The maximum Gasteiger partial charge on any atom is 0.250 e. The molecule has 4 rings (SSSR count). The van der Waals surface area contributed by atoms with Crippen molar-refractivity contribution >= 4 is 28.5 Å². The summed E-state index contributed by atoms with van der Waals surface area (Å²) in [7, 11) is 0. The Morgan fingerprint density at radius 2 is 1.92 bits per heavy atom. The first-order chi connectivity index (χ1) is 12.3. The summed E-state index contributed by atoms with van der Waals surface area (Å²) in [6.07, 6.45) is 3.15. The first-order valence-corrected chi connectivity index (χ1v) is 8.37. The third-order valence-electron chi connectivity index (χ3n) is 3.50. The Bertz CT molecular complexity index is 938. The highest BCUT2D eigenvalue weighted by molar-refractivity contribution is 7.18. The average molecular weight is 351 g/mol. The standard InChI is InChI=1S/C18H13N3O3S/c22-16(9-7-12-6-8-14-15(10-12)24-11-23-14)19-18-21-20-17(25-18)13-4-2-1-3-5-13/h1-10H,11H2,(H,19,21,22)/b9-7-. The maximum absolute atomic E-state index is 12.1. The number of nitrogens with zero attached hydrogens (tertiary/aromatic N) is 2. The van der Waals surface area contributed by atoms with Crippen LogP contribution in [0.25, 0.3) is 16.6 Å². The van der Waals surface area contributed by atoms with Gasteiger partial charge in [0, 0.05) is 11.6 Å². The van der Waals surface area contributed by atoms with Gasteiger partial charge in [0.2, 0.25) is 17.8 Å². The fraction of sp³-hybridized carbons (Fsp3) is 0.0556. The van der Waals surface area contributed by atoms with Gasteiger partial charge in [0.05, 0.1) is 0 Å². The third kappa shape index (κ3) is 3.51. The van der Waals surface area contributed by atoms with Crippen molar-refractivity contribution in [3.63, 3.8) is 0 Å². The van der Waals surface area contributed by atoms with Crippen LogP contribution in [0.4, 0.5) is 5.13 Å². The minimum atomic E-state index is -0.270. The number of aromatic nitrogens is 2. The van der Waals surface area contributed by atoms with Gasteiger partial charge in [-0.05, 0) is 23.8 Å². The van der Waals surface area contributed by atoms with Crippen molar-refractivity contribution < 1.29 is 14.3 Å². The summed E-state index contributed by atoms with van der Waals surface area (Å²) in [5.74, 6) is 1.12. The Labute approximate surface area is 147 Å². The number of hydrogen-bond donors (Lipinski definition) is 1. The number of carbonyl (C=O) groups excluding carboxylic acids is 1. The molecular weight excluding hydrogens is 338 g/mol. The molecule has 0 spiro atoms. The minimum absolute atomic E-state index is 0.226. The van der Waals surface area contributed by atoms with Crippen LogP contribution in [0.3, 0.4) is 0 Å². The van der Waals surface area contributed by atoms with Crippen molar-refractivity contribution in [1.29, 1.82) is 0 Å². The fourth-order valence-corrected chi connectivity index (χ4v) is 3.06. The zero-order valence-corrected chi connectivity index (χ0v) is 13.8. The van der Waals surface area contributed by atoms with E-state index in [1.54, 1.807) is 6.08 Å². The summed E-state index contributed by atoms with van der Waals surface area (Å²) >= 11 is 1.33. The first-order valence-electron chi connectivity index (χ1n) is 7.55. The van der Waals surface area contributed by atoms with E-state index in [0.717, 1.165) is 16.1 Å². The smallest absolute Gasteiger partial charge is 0.250 e. The summed E-state index contributed by atoms with van der Waals surface area (Å²) in [5, 5.41) is 12.0. The molecule has 124 valence electrons. The molecule has 0 radical (unpaired) electrons. The highest BCUT2D eigenvalue weighted by Gasteiger charge is 2.12. The molecule has 0 bridgehead atoms. The van der Waals surface area contributed by atoms with Crippen LogP contribution < -0.4 is 14.8 Å². The number of carbonyl (C=O) groups is 1. The number of rotatable bonds is 4. The van der Waals surface area contributed by atoms with E-state index in [1.165, 1.54) is 17.4 Å². The van der Waals surface area contributed by atoms with Gasteiger partial charge >= 0.3 is 0 Å². The van der Waals surface area contributed by atoms with Crippen molar-refractivity contribution in [2.24, 2.45) is 0 Å².